The van der Waals surface area contributed by atoms with Crippen molar-refractivity contribution >= 4 is 28.6 Å². The van der Waals surface area contributed by atoms with Crippen molar-refractivity contribution in [1.82, 2.24) is 24.3 Å². The first-order valence-corrected chi connectivity index (χ1v) is 12.9. The number of piperazine rings is 1. The average molecular weight is 505 g/mol. The van der Waals surface area contributed by atoms with Gasteiger partial charge in [-0.2, -0.15) is 0 Å². The highest BCUT2D eigenvalue weighted by atomic mass is 35.5. The molecule has 1 N–H and O–H groups in total. The van der Waals surface area contributed by atoms with Gasteiger partial charge in [0.1, 0.15) is 5.75 Å². The number of halogens is 1. The standard InChI is InChI=1S/C28H33ClN6O/c1-33-14-16-35(17-15-33)13-3-4-21-7-11-25-26(18-21)34(2)28(32-25)31-19-22-5-9-24(10-6-22)36-27-12-8-23(29)20-30-27/h5-12,18,20H,3-4,13-17,19H2,1-2H3,(H,31,32). The molecule has 1 saturated heterocycles. The molecule has 0 amide bonds. The molecule has 188 valence electrons. The second-order valence-corrected chi connectivity index (χ2v) is 9.92. The maximum absolute atomic E-state index is 5.88. The Kier molecular flexibility index (Phi) is 7.70. The fraction of sp³-hybridized carbons (Fsp3) is 0.357. The Hall–Kier alpha value is -3.13. The molecule has 1 aliphatic heterocycles. The molecule has 7 nitrogen and oxygen atoms in total. The molecule has 1 fully saturated rings. The summed E-state index contributed by atoms with van der Waals surface area (Å²) in [5, 5.41) is 4.06. The number of pyridine rings is 1. The van der Waals surface area contributed by atoms with E-state index in [-0.39, 0.29) is 0 Å². The molecule has 0 radical (unpaired) electrons. The number of benzene rings is 2. The molecular weight excluding hydrogens is 472 g/mol. The lowest BCUT2D eigenvalue weighted by Gasteiger charge is -2.32. The maximum Gasteiger partial charge on any atom is 0.219 e. The summed E-state index contributed by atoms with van der Waals surface area (Å²) in [7, 11) is 4.28. The van der Waals surface area contributed by atoms with E-state index in [1.165, 1.54) is 44.7 Å². The molecule has 1 aliphatic rings. The van der Waals surface area contributed by atoms with Gasteiger partial charge in [0.25, 0.3) is 0 Å². The lowest BCUT2D eigenvalue weighted by Crippen LogP contribution is -2.44. The van der Waals surface area contributed by atoms with E-state index < -0.39 is 0 Å². The number of nitrogens with zero attached hydrogens (tertiary/aromatic N) is 5. The number of ether oxygens (including phenoxy) is 1. The second-order valence-electron chi connectivity index (χ2n) is 9.48. The third-order valence-corrected chi connectivity index (χ3v) is 7.00. The predicted molar refractivity (Wildman–Crippen MR) is 146 cm³/mol. The van der Waals surface area contributed by atoms with Gasteiger partial charge in [-0.25, -0.2) is 9.97 Å². The summed E-state index contributed by atoms with van der Waals surface area (Å²) >= 11 is 5.88. The topological polar surface area (TPSA) is 58.4 Å². The molecule has 4 aromatic rings. The predicted octanol–water partition coefficient (Wildman–Crippen LogP) is 5.21. The minimum absolute atomic E-state index is 0.517. The number of aromatic nitrogens is 3. The SMILES string of the molecule is CN1CCN(CCCc2ccc3nc(NCc4ccc(Oc5ccc(Cl)cn5)cc4)n(C)c3c2)CC1. The van der Waals surface area contributed by atoms with Crippen LogP contribution in [0.3, 0.4) is 0 Å². The van der Waals surface area contributed by atoms with Crippen LogP contribution in [-0.2, 0) is 20.0 Å². The summed E-state index contributed by atoms with van der Waals surface area (Å²) in [4.78, 5) is 14.0. The number of anilines is 1. The van der Waals surface area contributed by atoms with Crippen LogP contribution in [0.4, 0.5) is 5.95 Å². The Bertz CT molecular complexity index is 1280. The zero-order chi connectivity index (χ0) is 24.9. The highest BCUT2D eigenvalue weighted by molar-refractivity contribution is 6.30. The molecule has 5 rings (SSSR count). The smallest absolute Gasteiger partial charge is 0.219 e. The van der Waals surface area contributed by atoms with Crippen LogP contribution in [-0.4, -0.2) is 64.1 Å². The van der Waals surface area contributed by atoms with E-state index in [4.69, 9.17) is 21.3 Å². The first-order valence-electron chi connectivity index (χ1n) is 12.5. The number of likely N-dealkylation sites (N-methyl/N-ethyl adjacent to an activating group) is 1. The van der Waals surface area contributed by atoms with Crippen molar-refractivity contribution in [2.24, 2.45) is 7.05 Å². The van der Waals surface area contributed by atoms with E-state index in [1.807, 2.05) is 24.3 Å². The van der Waals surface area contributed by atoms with Crippen molar-refractivity contribution in [1.29, 1.82) is 0 Å². The Morgan fingerprint density at radius 3 is 2.47 bits per heavy atom. The van der Waals surface area contributed by atoms with Gasteiger partial charge in [0, 0.05) is 52.0 Å². The van der Waals surface area contributed by atoms with Gasteiger partial charge in [0.05, 0.1) is 16.1 Å². The fourth-order valence-corrected chi connectivity index (χ4v) is 4.64. The van der Waals surface area contributed by atoms with Crippen LogP contribution in [0.15, 0.2) is 60.8 Å². The van der Waals surface area contributed by atoms with Gasteiger partial charge in [-0.05, 0) is 67.9 Å². The average Bonchev–Trinajstić information content (AvgIpc) is 3.21. The third kappa shape index (κ3) is 6.16. The zero-order valence-corrected chi connectivity index (χ0v) is 21.7. The van der Waals surface area contributed by atoms with Crippen molar-refractivity contribution in [3.63, 3.8) is 0 Å². The van der Waals surface area contributed by atoms with Crippen molar-refractivity contribution in [3.05, 3.63) is 76.9 Å². The van der Waals surface area contributed by atoms with E-state index >= 15 is 0 Å². The molecule has 3 heterocycles. The quantitative estimate of drug-likeness (QED) is 0.338. The molecule has 0 atom stereocenters. The van der Waals surface area contributed by atoms with E-state index in [1.54, 1.807) is 18.3 Å². The van der Waals surface area contributed by atoms with E-state index in [2.05, 4.69) is 57.0 Å². The molecule has 0 aliphatic carbocycles. The van der Waals surface area contributed by atoms with Crippen molar-refractivity contribution in [2.75, 3.05) is 45.1 Å². The first-order chi connectivity index (χ1) is 17.5. The molecule has 2 aromatic heterocycles. The number of imidazole rings is 1. The van der Waals surface area contributed by atoms with Crippen LogP contribution >= 0.6 is 11.6 Å². The van der Waals surface area contributed by atoms with Crippen LogP contribution in [0.2, 0.25) is 5.02 Å². The highest BCUT2D eigenvalue weighted by Crippen LogP contribution is 2.23. The minimum Gasteiger partial charge on any atom is -0.439 e. The van der Waals surface area contributed by atoms with Gasteiger partial charge < -0.3 is 24.4 Å². The van der Waals surface area contributed by atoms with Crippen LogP contribution in [0.25, 0.3) is 11.0 Å². The Morgan fingerprint density at radius 1 is 0.944 bits per heavy atom. The number of rotatable bonds is 9. The van der Waals surface area contributed by atoms with E-state index in [0.717, 1.165) is 34.7 Å². The lowest BCUT2D eigenvalue weighted by molar-refractivity contribution is 0.153. The number of hydrogen-bond acceptors (Lipinski definition) is 6. The molecule has 0 bridgehead atoms. The monoisotopic (exact) mass is 504 g/mol. The highest BCUT2D eigenvalue weighted by Gasteiger charge is 2.13. The number of aryl methyl sites for hydroxylation is 2. The number of hydrogen-bond donors (Lipinski definition) is 1. The maximum atomic E-state index is 5.88. The Balaban J connectivity index is 1.15. The zero-order valence-electron chi connectivity index (χ0n) is 21.0. The van der Waals surface area contributed by atoms with Crippen molar-refractivity contribution < 1.29 is 4.74 Å². The molecule has 0 spiro atoms. The van der Waals surface area contributed by atoms with Crippen LogP contribution in [0.1, 0.15) is 17.5 Å². The van der Waals surface area contributed by atoms with E-state index in [9.17, 15) is 0 Å². The summed E-state index contributed by atoms with van der Waals surface area (Å²) in [6.07, 6.45) is 3.85. The van der Waals surface area contributed by atoms with Crippen LogP contribution in [0, 0.1) is 0 Å². The number of fused-ring (bicyclic) bond motifs is 1. The van der Waals surface area contributed by atoms with Gasteiger partial charge in [-0.1, -0.05) is 29.8 Å². The Labute approximate surface area is 217 Å². The summed E-state index contributed by atoms with van der Waals surface area (Å²) in [6.45, 7) is 6.56. The second kappa shape index (κ2) is 11.3. The first kappa shape index (κ1) is 24.6. The van der Waals surface area contributed by atoms with Crippen LogP contribution in [0.5, 0.6) is 11.6 Å². The molecule has 0 unspecified atom stereocenters. The lowest BCUT2D eigenvalue weighted by atomic mass is 10.1. The number of nitrogens with one attached hydrogen (secondary N) is 1. The van der Waals surface area contributed by atoms with Crippen molar-refractivity contribution in [2.45, 2.75) is 19.4 Å². The summed E-state index contributed by atoms with van der Waals surface area (Å²) < 4.78 is 7.92. The van der Waals surface area contributed by atoms with Crippen LogP contribution < -0.4 is 10.1 Å². The minimum atomic E-state index is 0.517. The van der Waals surface area contributed by atoms with Gasteiger partial charge in [0.2, 0.25) is 11.8 Å². The van der Waals surface area contributed by atoms with Gasteiger partial charge in [-0.3, -0.25) is 0 Å². The van der Waals surface area contributed by atoms with E-state index in [0.29, 0.717) is 17.4 Å². The van der Waals surface area contributed by atoms with Gasteiger partial charge in [0.15, 0.2) is 0 Å². The van der Waals surface area contributed by atoms with Crippen molar-refractivity contribution in [3.8, 4) is 11.6 Å². The molecule has 0 saturated carbocycles. The van der Waals surface area contributed by atoms with Gasteiger partial charge in [-0.15, -0.1) is 0 Å². The Morgan fingerprint density at radius 2 is 1.72 bits per heavy atom. The fourth-order valence-electron chi connectivity index (χ4n) is 4.53. The normalized spacial score (nSPS) is 14.9. The molecule has 36 heavy (non-hydrogen) atoms. The molecule has 2 aromatic carbocycles. The summed E-state index contributed by atoms with van der Waals surface area (Å²) in [6, 6.07) is 18.1. The summed E-state index contributed by atoms with van der Waals surface area (Å²) in [5.74, 6) is 2.12. The molecular formula is C28H33ClN6O. The molecule has 8 heteroatoms. The largest absolute Gasteiger partial charge is 0.439 e. The third-order valence-electron chi connectivity index (χ3n) is 6.78. The summed E-state index contributed by atoms with van der Waals surface area (Å²) in [5.41, 5.74) is 4.69. The van der Waals surface area contributed by atoms with Gasteiger partial charge >= 0.3 is 0 Å².